The van der Waals surface area contributed by atoms with Crippen molar-refractivity contribution in [1.29, 1.82) is 0 Å². The van der Waals surface area contributed by atoms with Gasteiger partial charge in [0, 0.05) is 0 Å². The van der Waals surface area contributed by atoms with Crippen molar-refractivity contribution < 1.29 is 19.1 Å². The van der Waals surface area contributed by atoms with E-state index in [-0.39, 0.29) is 12.4 Å². The number of ether oxygens (including phenoxy) is 2. The van der Waals surface area contributed by atoms with Gasteiger partial charge in [0.25, 0.3) is 0 Å². The van der Waals surface area contributed by atoms with Crippen molar-refractivity contribution in [3.05, 3.63) is 0 Å². The van der Waals surface area contributed by atoms with Crippen LogP contribution in [-0.2, 0) is 14.3 Å². The van der Waals surface area contributed by atoms with E-state index in [4.69, 9.17) is 4.74 Å². The van der Waals surface area contributed by atoms with Crippen molar-refractivity contribution in [2.75, 3.05) is 34.4 Å². The number of carbonyl (C=O) groups is 2. The van der Waals surface area contributed by atoms with E-state index < -0.39 is 18.1 Å². The van der Waals surface area contributed by atoms with Crippen LogP contribution in [0.4, 0.5) is 4.79 Å². The van der Waals surface area contributed by atoms with E-state index in [1.165, 1.54) is 7.11 Å². The molecule has 0 aliphatic carbocycles. The summed E-state index contributed by atoms with van der Waals surface area (Å²) in [6.07, 6.45) is 0.708. The molecule has 18 heavy (non-hydrogen) atoms. The molecule has 1 N–H and O–H groups in total. The molecular weight excluding hydrogens is 260 g/mol. The van der Waals surface area contributed by atoms with Gasteiger partial charge in [-0.1, -0.05) is 0 Å². The third kappa shape index (κ3) is 9.07. The maximum atomic E-state index is 11.6. The molecule has 0 aromatic rings. The van der Waals surface area contributed by atoms with Crippen molar-refractivity contribution in [1.82, 2.24) is 10.2 Å². The van der Waals surface area contributed by atoms with Gasteiger partial charge >= 0.3 is 12.1 Å². The van der Waals surface area contributed by atoms with Crippen LogP contribution in [0.15, 0.2) is 0 Å². The van der Waals surface area contributed by atoms with Crippen LogP contribution in [-0.4, -0.2) is 57.4 Å². The molecule has 0 aromatic carbocycles. The molecule has 0 rings (SSSR count). The van der Waals surface area contributed by atoms with Crippen LogP contribution in [0.2, 0.25) is 0 Å². The Hall–Kier alpha value is -1.01. The third-order valence-corrected chi connectivity index (χ3v) is 2.15. The van der Waals surface area contributed by atoms with Gasteiger partial charge in [-0.2, -0.15) is 0 Å². The quantitative estimate of drug-likeness (QED) is 0.707. The predicted molar refractivity (Wildman–Crippen MR) is 71.0 cm³/mol. The number of methoxy groups -OCH3 is 1. The first-order valence-electron chi connectivity index (χ1n) is 5.67. The molecule has 0 saturated heterocycles. The standard InChI is InChI=1S/C11H22N2O4.ClH/c1-5-17-10(14)9(12-11(15)16-4)7-6-8-13(2)3;/h9H,5-8H2,1-4H3,(H,12,15);1H. The Morgan fingerprint density at radius 2 is 1.94 bits per heavy atom. The van der Waals surface area contributed by atoms with Crippen LogP contribution in [0.5, 0.6) is 0 Å². The normalized spacial score (nSPS) is 11.4. The smallest absolute Gasteiger partial charge is 0.407 e. The molecule has 1 atom stereocenters. The van der Waals surface area contributed by atoms with Gasteiger partial charge < -0.3 is 19.7 Å². The Bertz CT molecular complexity index is 249. The van der Waals surface area contributed by atoms with Crippen molar-refractivity contribution in [3.8, 4) is 0 Å². The number of esters is 1. The largest absolute Gasteiger partial charge is 0.464 e. The lowest BCUT2D eigenvalue weighted by molar-refractivity contribution is -0.145. The number of nitrogens with one attached hydrogen (secondary N) is 1. The van der Waals surface area contributed by atoms with E-state index in [2.05, 4.69) is 10.1 Å². The first kappa shape index (κ1) is 19.3. The Kier molecular flexibility index (Phi) is 11.9. The minimum Gasteiger partial charge on any atom is -0.464 e. The Morgan fingerprint density at radius 3 is 2.39 bits per heavy atom. The molecule has 0 heterocycles. The second-order valence-electron chi connectivity index (χ2n) is 3.89. The Balaban J connectivity index is 0. The summed E-state index contributed by atoms with van der Waals surface area (Å²) in [4.78, 5) is 24.7. The van der Waals surface area contributed by atoms with E-state index in [1.54, 1.807) is 6.92 Å². The van der Waals surface area contributed by atoms with Gasteiger partial charge in [0.05, 0.1) is 13.7 Å². The molecule has 0 bridgehead atoms. The molecule has 7 heteroatoms. The molecule has 0 radical (unpaired) electrons. The highest BCUT2D eigenvalue weighted by molar-refractivity contribution is 5.85. The monoisotopic (exact) mass is 282 g/mol. The molecule has 108 valence electrons. The average molecular weight is 283 g/mol. The Morgan fingerprint density at radius 1 is 1.33 bits per heavy atom. The zero-order valence-electron chi connectivity index (χ0n) is 11.4. The van der Waals surface area contributed by atoms with Gasteiger partial charge in [-0.25, -0.2) is 9.59 Å². The van der Waals surface area contributed by atoms with Gasteiger partial charge in [-0.15, -0.1) is 12.4 Å². The number of nitrogens with zero attached hydrogens (tertiary/aromatic N) is 1. The van der Waals surface area contributed by atoms with Gasteiger partial charge in [-0.3, -0.25) is 0 Å². The zero-order valence-corrected chi connectivity index (χ0v) is 12.2. The topological polar surface area (TPSA) is 67.9 Å². The summed E-state index contributed by atoms with van der Waals surface area (Å²) in [6.45, 7) is 2.87. The number of halogens is 1. The molecule has 1 unspecified atom stereocenters. The lowest BCUT2D eigenvalue weighted by Crippen LogP contribution is -2.42. The van der Waals surface area contributed by atoms with E-state index in [9.17, 15) is 9.59 Å². The summed E-state index contributed by atoms with van der Waals surface area (Å²) < 4.78 is 9.35. The highest BCUT2D eigenvalue weighted by Crippen LogP contribution is 2.01. The van der Waals surface area contributed by atoms with Crippen LogP contribution in [0, 0.1) is 0 Å². The lowest BCUT2D eigenvalue weighted by Gasteiger charge is -2.17. The highest BCUT2D eigenvalue weighted by atomic mass is 35.5. The van der Waals surface area contributed by atoms with E-state index in [0.29, 0.717) is 13.0 Å². The lowest BCUT2D eigenvalue weighted by atomic mass is 10.1. The molecule has 0 saturated carbocycles. The van der Waals surface area contributed by atoms with E-state index in [0.717, 1.165) is 13.0 Å². The van der Waals surface area contributed by atoms with E-state index in [1.807, 2.05) is 19.0 Å². The number of rotatable bonds is 7. The zero-order chi connectivity index (χ0) is 13.3. The van der Waals surface area contributed by atoms with Crippen molar-refractivity contribution >= 4 is 24.5 Å². The number of hydrogen-bond acceptors (Lipinski definition) is 5. The molecule has 0 aromatic heterocycles. The number of amides is 1. The third-order valence-electron chi connectivity index (χ3n) is 2.15. The first-order chi connectivity index (χ1) is 8.01. The van der Waals surface area contributed by atoms with Crippen molar-refractivity contribution in [2.24, 2.45) is 0 Å². The fourth-order valence-electron chi connectivity index (χ4n) is 1.30. The number of alkyl carbamates (subject to hydrolysis) is 1. The summed E-state index contributed by atoms with van der Waals surface area (Å²) in [7, 11) is 5.16. The minimum absolute atomic E-state index is 0. The van der Waals surface area contributed by atoms with E-state index >= 15 is 0 Å². The molecule has 1 amide bonds. The molecular formula is C11H23ClN2O4. The summed E-state index contributed by atoms with van der Waals surface area (Å²) in [5.41, 5.74) is 0. The van der Waals surface area contributed by atoms with Gasteiger partial charge in [-0.05, 0) is 40.4 Å². The van der Waals surface area contributed by atoms with Crippen LogP contribution < -0.4 is 5.32 Å². The van der Waals surface area contributed by atoms with Crippen molar-refractivity contribution in [3.63, 3.8) is 0 Å². The molecule has 0 aliphatic rings. The number of hydrogen-bond donors (Lipinski definition) is 1. The molecule has 0 spiro atoms. The van der Waals surface area contributed by atoms with Crippen LogP contribution >= 0.6 is 12.4 Å². The van der Waals surface area contributed by atoms with Crippen LogP contribution in [0.3, 0.4) is 0 Å². The van der Waals surface area contributed by atoms with Crippen LogP contribution in [0.25, 0.3) is 0 Å². The first-order valence-corrected chi connectivity index (χ1v) is 5.67. The highest BCUT2D eigenvalue weighted by Gasteiger charge is 2.21. The van der Waals surface area contributed by atoms with Gasteiger partial charge in [0.1, 0.15) is 6.04 Å². The summed E-state index contributed by atoms with van der Waals surface area (Å²) in [6, 6.07) is -0.637. The Labute approximate surface area is 114 Å². The van der Waals surface area contributed by atoms with Gasteiger partial charge in [0.2, 0.25) is 0 Å². The van der Waals surface area contributed by atoms with Gasteiger partial charge in [0.15, 0.2) is 0 Å². The average Bonchev–Trinajstić information content (AvgIpc) is 2.27. The summed E-state index contributed by atoms with van der Waals surface area (Å²) >= 11 is 0. The maximum Gasteiger partial charge on any atom is 0.407 e. The maximum absolute atomic E-state index is 11.6. The fourth-order valence-corrected chi connectivity index (χ4v) is 1.30. The minimum atomic E-state index is -0.637. The molecule has 0 aliphatic heterocycles. The molecule has 0 fully saturated rings. The summed E-state index contributed by atoms with van der Waals surface area (Å²) in [5, 5.41) is 2.47. The van der Waals surface area contributed by atoms with Crippen LogP contribution in [0.1, 0.15) is 19.8 Å². The molecule has 6 nitrogen and oxygen atoms in total. The summed E-state index contributed by atoms with van der Waals surface area (Å²) in [5.74, 6) is -0.420. The predicted octanol–water partition coefficient (Wildman–Crippen LogP) is 1.04. The fraction of sp³-hybridized carbons (Fsp3) is 0.818. The SMILES string of the molecule is CCOC(=O)C(CCCN(C)C)NC(=O)OC.Cl. The van der Waals surface area contributed by atoms with Crippen molar-refractivity contribution in [2.45, 2.75) is 25.8 Å². The second-order valence-corrected chi connectivity index (χ2v) is 3.89. The number of carbonyl (C=O) groups excluding carboxylic acids is 2. The second kappa shape index (κ2) is 11.1.